The van der Waals surface area contributed by atoms with Crippen LogP contribution in [0.3, 0.4) is 0 Å². The summed E-state index contributed by atoms with van der Waals surface area (Å²) >= 11 is 0. The lowest BCUT2D eigenvalue weighted by molar-refractivity contribution is -0.384. The number of carbonyl (C=O) groups is 1. The largest absolute Gasteiger partial charge is 0.324 e. The van der Waals surface area contributed by atoms with Gasteiger partial charge in [-0.2, -0.15) is 5.10 Å². The van der Waals surface area contributed by atoms with E-state index in [-0.39, 0.29) is 5.69 Å². The Labute approximate surface area is 120 Å². The van der Waals surface area contributed by atoms with Crippen LogP contribution in [-0.4, -0.2) is 20.6 Å². The molecule has 0 spiro atoms. The molecule has 2 rings (SSSR count). The molecule has 0 aliphatic rings. The molecule has 2 aromatic rings. The van der Waals surface area contributed by atoms with Crippen LogP contribution in [0.1, 0.15) is 17.2 Å². The Morgan fingerprint density at radius 3 is 2.76 bits per heavy atom. The summed E-state index contributed by atoms with van der Waals surface area (Å²) in [5, 5.41) is 17.3. The monoisotopic (exact) mass is 289 g/mol. The van der Waals surface area contributed by atoms with Gasteiger partial charge in [0.1, 0.15) is 6.04 Å². The van der Waals surface area contributed by atoms with Gasteiger partial charge < -0.3 is 11.1 Å². The van der Waals surface area contributed by atoms with Gasteiger partial charge in [-0.15, -0.1) is 0 Å². The molecule has 0 radical (unpaired) electrons. The predicted molar refractivity (Wildman–Crippen MR) is 76.6 cm³/mol. The molecule has 0 saturated heterocycles. The van der Waals surface area contributed by atoms with E-state index in [1.165, 1.54) is 24.4 Å². The third-order valence-electron chi connectivity index (χ3n) is 3.05. The fourth-order valence-electron chi connectivity index (χ4n) is 1.86. The van der Waals surface area contributed by atoms with Gasteiger partial charge in [0.05, 0.1) is 11.1 Å². The number of aromatic nitrogens is 2. The van der Waals surface area contributed by atoms with Gasteiger partial charge in [-0.05, 0) is 18.6 Å². The molecule has 3 N–H and O–H groups in total. The second kappa shape index (κ2) is 5.71. The highest BCUT2D eigenvalue weighted by Crippen LogP contribution is 2.22. The van der Waals surface area contributed by atoms with Crippen LogP contribution in [0.25, 0.3) is 0 Å². The van der Waals surface area contributed by atoms with Crippen LogP contribution >= 0.6 is 0 Å². The maximum Gasteiger partial charge on any atom is 0.269 e. The molecule has 1 aromatic heterocycles. The summed E-state index contributed by atoms with van der Waals surface area (Å²) in [5.41, 5.74) is 7.50. The Bertz CT molecular complexity index is 695. The van der Waals surface area contributed by atoms with Gasteiger partial charge in [0.25, 0.3) is 5.69 Å². The Balaban J connectivity index is 2.14. The molecule has 1 heterocycles. The summed E-state index contributed by atoms with van der Waals surface area (Å²) in [7, 11) is 1.73. The van der Waals surface area contributed by atoms with Crippen molar-refractivity contribution in [2.24, 2.45) is 12.8 Å². The first-order valence-corrected chi connectivity index (χ1v) is 6.18. The average Bonchev–Trinajstić information content (AvgIpc) is 2.86. The summed E-state index contributed by atoms with van der Waals surface area (Å²) in [6.45, 7) is 1.68. The summed E-state index contributed by atoms with van der Waals surface area (Å²) in [6, 6.07) is 3.36. The minimum Gasteiger partial charge on any atom is -0.324 e. The van der Waals surface area contributed by atoms with E-state index in [1.807, 2.05) is 0 Å². The molecular formula is C13H15N5O3. The number of anilines is 1. The molecule has 0 bridgehead atoms. The summed E-state index contributed by atoms with van der Waals surface area (Å²) in [5.74, 6) is -0.403. The van der Waals surface area contributed by atoms with Crippen LogP contribution < -0.4 is 11.1 Å². The number of aryl methyl sites for hydroxylation is 2. The maximum atomic E-state index is 12.1. The molecule has 1 aromatic carbocycles. The first-order valence-electron chi connectivity index (χ1n) is 6.18. The number of nitro groups is 1. The van der Waals surface area contributed by atoms with Crippen LogP contribution in [0.5, 0.6) is 0 Å². The first kappa shape index (κ1) is 14.7. The van der Waals surface area contributed by atoms with Gasteiger partial charge in [0, 0.05) is 36.6 Å². The number of non-ortho nitro benzene ring substituents is 1. The Morgan fingerprint density at radius 2 is 2.24 bits per heavy atom. The smallest absolute Gasteiger partial charge is 0.269 e. The molecule has 1 atom stereocenters. The molecule has 0 aliphatic heterocycles. The van der Waals surface area contributed by atoms with Crippen molar-refractivity contribution in [1.29, 1.82) is 0 Å². The lowest BCUT2D eigenvalue weighted by atomic mass is 10.1. The number of benzene rings is 1. The van der Waals surface area contributed by atoms with Crippen molar-refractivity contribution >= 4 is 17.3 Å². The topological polar surface area (TPSA) is 116 Å². The minimum absolute atomic E-state index is 0.0259. The second-order valence-electron chi connectivity index (χ2n) is 4.67. The number of nitrogens with zero attached hydrogens (tertiary/aromatic N) is 3. The lowest BCUT2D eigenvalue weighted by Gasteiger charge is -2.12. The van der Waals surface area contributed by atoms with Gasteiger partial charge in [0.15, 0.2) is 0 Å². The van der Waals surface area contributed by atoms with Gasteiger partial charge in [-0.25, -0.2) is 0 Å². The number of carbonyl (C=O) groups excluding carboxylic acids is 1. The van der Waals surface area contributed by atoms with Crippen molar-refractivity contribution in [1.82, 2.24) is 9.78 Å². The standard InChI is InChI=1S/C13H15N5O3/c1-8-5-10(18(20)21)3-4-11(8)16-13(19)12(14)9-6-15-17(2)7-9/h3-7,12H,14H2,1-2H3,(H,16,19). The van der Waals surface area contributed by atoms with Crippen LogP contribution in [0.2, 0.25) is 0 Å². The quantitative estimate of drug-likeness (QED) is 0.649. The summed E-state index contributed by atoms with van der Waals surface area (Å²) < 4.78 is 1.56. The fourth-order valence-corrected chi connectivity index (χ4v) is 1.86. The van der Waals surface area contributed by atoms with E-state index < -0.39 is 16.9 Å². The first-order chi connectivity index (χ1) is 9.88. The van der Waals surface area contributed by atoms with E-state index in [4.69, 9.17) is 5.73 Å². The zero-order valence-electron chi connectivity index (χ0n) is 11.6. The Hall–Kier alpha value is -2.74. The van der Waals surface area contributed by atoms with E-state index in [1.54, 1.807) is 24.9 Å². The van der Waals surface area contributed by atoms with E-state index in [9.17, 15) is 14.9 Å². The van der Waals surface area contributed by atoms with Crippen LogP contribution in [-0.2, 0) is 11.8 Å². The van der Waals surface area contributed by atoms with E-state index in [0.717, 1.165) is 0 Å². The van der Waals surface area contributed by atoms with Crippen molar-refractivity contribution < 1.29 is 9.72 Å². The molecule has 8 nitrogen and oxygen atoms in total. The number of hydrogen-bond donors (Lipinski definition) is 2. The zero-order valence-corrected chi connectivity index (χ0v) is 11.6. The SMILES string of the molecule is Cc1cc([N+](=O)[O-])ccc1NC(=O)C(N)c1cnn(C)c1. The van der Waals surface area contributed by atoms with E-state index >= 15 is 0 Å². The molecule has 8 heteroatoms. The lowest BCUT2D eigenvalue weighted by Crippen LogP contribution is -2.27. The Kier molecular flexibility index (Phi) is 3.99. The van der Waals surface area contributed by atoms with Gasteiger partial charge in [0.2, 0.25) is 5.91 Å². The minimum atomic E-state index is -0.853. The molecule has 1 unspecified atom stereocenters. The molecule has 0 saturated carbocycles. The number of hydrogen-bond acceptors (Lipinski definition) is 5. The van der Waals surface area contributed by atoms with Crippen LogP contribution in [0.15, 0.2) is 30.6 Å². The fraction of sp³-hybridized carbons (Fsp3) is 0.231. The number of nitrogens with two attached hydrogens (primary N) is 1. The normalized spacial score (nSPS) is 12.0. The molecule has 110 valence electrons. The highest BCUT2D eigenvalue weighted by molar-refractivity contribution is 5.96. The van der Waals surface area contributed by atoms with Gasteiger partial charge >= 0.3 is 0 Å². The Morgan fingerprint density at radius 1 is 1.52 bits per heavy atom. The number of amides is 1. The number of rotatable bonds is 4. The average molecular weight is 289 g/mol. The van der Waals surface area contributed by atoms with Crippen molar-refractivity contribution in [2.75, 3.05) is 5.32 Å². The highest BCUT2D eigenvalue weighted by Gasteiger charge is 2.18. The van der Waals surface area contributed by atoms with Crippen molar-refractivity contribution in [3.05, 3.63) is 51.8 Å². The molecule has 0 aliphatic carbocycles. The zero-order chi connectivity index (χ0) is 15.6. The predicted octanol–water partition coefficient (Wildman–Crippen LogP) is 1.28. The third-order valence-corrected chi connectivity index (χ3v) is 3.05. The van der Waals surface area contributed by atoms with Crippen molar-refractivity contribution in [3.63, 3.8) is 0 Å². The van der Waals surface area contributed by atoms with Crippen LogP contribution in [0, 0.1) is 17.0 Å². The molecule has 1 amide bonds. The summed E-state index contributed by atoms with van der Waals surface area (Å²) in [6.07, 6.45) is 3.18. The third kappa shape index (κ3) is 3.23. The van der Waals surface area contributed by atoms with Gasteiger partial charge in [-0.1, -0.05) is 0 Å². The highest BCUT2D eigenvalue weighted by atomic mass is 16.6. The molecule has 21 heavy (non-hydrogen) atoms. The number of nitro benzene ring substituents is 1. The molecule has 0 fully saturated rings. The second-order valence-corrected chi connectivity index (χ2v) is 4.67. The van der Waals surface area contributed by atoms with Gasteiger partial charge in [-0.3, -0.25) is 19.6 Å². The molecular weight excluding hydrogens is 274 g/mol. The number of nitrogens with one attached hydrogen (secondary N) is 1. The van der Waals surface area contributed by atoms with E-state index in [2.05, 4.69) is 10.4 Å². The van der Waals surface area contributed by atoms with Crippen LogP contribution in [0.4, 0.5) is 11.4 Å². The van der Waals surface area contributed by atoms with Crippen molar-refractivity contribution in [2.45, 2.75) is 13.0 Å². The summed E-state index contributed by atoms with van der Waals surface area (Å²) in [4.78, 5) is 22.3. The maximum absolute atomic E-state index is 12.1. The van der Waals surface area contributed by atoms with E-state index in [0.29, 0.717) is 16.8 Å². The van der Waals surface area contributed by atoms with Crippen molar-refractivity contribution in [3.8, 4) is 0 Å².